The molecule has 10 nitrogen and oxygen atoms in total. The molecule has 2 saturated carbocycles. The van der Waals surface area contributed by atoms with Gasteiger partial charge in [0.05, 0.1) is 11.9 Å². The molecule has 2 atom stereocenters. The Kier molecular flexibility index (Phi) is 5.74. The number of nitrogens with zero attached hydrogens (tertiary/aromatic N) is 2. The summed E-state index contributed by atoms with van der Waals surface area (Å²) in [4.78, 5) is 28.9. The maximum atomic E-state index is 13.8. The third-order valence-corrected chi connectivity index (χ3v) is 9.48. The Bertz CT molecular complexity index is 1330. The number of amidine groups is 1. The van der Waals surface area contributed by atoms with Crippen molar-refractivity contribution in [3.63, 3.8) is 0 Å². The highest BCUT2D eigenvalue weighted by molar-refractivity contribution is 7.92. The van der Waals surface area contributed by atoms with E-state index in [0.717, 1.165) is 31.9 Å². The molecule has 2 aliphatic carbocycles. The number of ketones is 1. The Morgan fingerprint density at radius 1 is 1.20 bits per heavy atom. The number of fused-ring (bicyclic) bond motifs is 1. The van der Waals surface area contributed by atoms with Gasteiger partial charge in [-0.2, -0.15) is 8.42 Å². The van der Waals surface area contributed by atoms with E-state index in [1.165, 1.54) is 31.0 Å². The standard InChI is InChI=1S/C23H30N4O6S2/c1-23(11-10-14-6-7-14)13-27(16-4-3-5-16)22(29)19(20(23)28)21-24-17-9-8-15(25-34(2,30)31)12-18(17)35(32,33)26-21/h8-9,12,14,16,19,25H,3-7,10-11,13H2,1-2H3,(H,24,26). The van der Waals surface area contributed by atoms with E-state index in [-0.39, 0.29) is 33.9 Å². The number of rotatable bonds is 7. The van der Waals surface area contributed by atoms with E-state index in [2.05, 4.69) is 14.4 Å². The van der Waals surface area contributed by atoms with Crippen LogP contribution in [0.2, 0.25) is 0 Å². The van der Waals surface area contributed by atoms with Crippen LogP contribution < -0.4 is 10.0 Å². The first-order valence-corrected chi connectivity index (χ1v) is 15.3. The molecule has 0 aromatic heterocycles. The molecular formula is C23H30N4O6S2. The van der Waals surface area contributed by atoms with Crippen LogP contribution in [0, 0.1) is 17.3 Å². The minimum Gasteiger partial charge on any atom is -0.341 e. The summed E-state index contributed by atoms with van der Waals surface area (Å²) in [7, 11) is -7.89. The summed E-state index contributed by atoms with van der Waals surface area (Å²) in [6.45, 7) is 2.24. The second-order valence-corrected chi connectivity index (χ2v) is 13.9. The Morgan fingerprint density at radius 2 is 1.91 bits per heavy atom. The molecule has 0 bridgehead atoms. The smallest absolute Gasteiger partial charge is 0.286 e. The van der Waals surface area contributed by atoms with Crippen LogP contribution in [0.25, 0.3) is 0 Å². The van der Waals surface area contributed by atoms with E-state index in [0.29, 0.717) is 18.9 Å². The van der Waals surface area contributed by atoms with Gasteiger partial charge in [0, 0.05) is 23.7 Å². The van der Waals surface area contributed by atoms with E-state index in [9.17, 15) is 26.4 Å². The van der Waals surface area contributed by atoms with Crippen LogP contribution in [-0.4, -0.2) is 58.1 Å². The van der Waals surface area contributed by atoms with Crippen molar-refractivity contribution in [1.82, 2.24) is 4.90 Å². The van der Waals surface area contributed by atoms with E-state index < -0.39 is 37.3 Å². The van der Waals surface area contributed by atoms with Crippen LogP contribution in [0.4, 0.5) is 11.4 Å². The van der Waals surface area contributed by atoms with E-state index >= 15 is 0 Å². The summed E-state index contributed by atoms with van der Waals surface area (Å²) in [5.74, 6) is -1.56. The Labute approximate surface area is 205 Å². The number of carbonyl (C=O) groups excluding carboxylic acids is 2. The number of hydrogen-bond acceptors (Lipinski definition) is 7. The van der Waals surface area contributed by atoms with Gasteiger partial charge in [-0.25, -0.2) is 8.42 Å². The molecule has 2 aliphatic heterocycles. The SMILES string of the molecule is CC1(CCC2CC2)CN(C2CCC2)C(=O)C(C2=NS(=O)(=O)c3cc(NS(C)(=O)=O)ccc3N2)C1=O. The first-order valence-electron chi connectivity index (χ1n) is 11.9. The predicted octanol–water partition coefficient (Wildman–Crippen LogP) is 2.35. The van der Waals surface area contributed by atoms with Crippen LogP contribution in [0.15, 0.2) is 27.5 Å². The van der Waals surface area contributed by atoms with Gasteiger partial charge in [0.15, 0.2) is 11.7 Å². The number of nitrogens with one attached hydrogen (secondary N) is 2. The van der Waals surface area contributed by atoms with Crippen LogP contribution in [0.5, 0.6) is 0 Å². The minimum atomic E-state index is -4.28. The van der Waals surface area contributed by atoms with Crippen molar-refractivity contribution in [2.75, 3.05) is 22.8 Å². The zero-order valence-corrected chi connectivity index (χ0v) is 21.4. The number of anilines is 2. The van der Waals surface area contributed by atoms with Gasteiger partial charge in [0.25, 0.3) is 10.0 Å². The monoisotopic (exact) mass is 522 g/mol. The molecule has 1 amide bonds. The van der Waals surface area contributed by atoms with E-state index in [1.54, 1.807) is 4.90 Å². The highest BCUT2D eigenvalue weighted by Crippen LogP contribution is 2.44. The molecule has 3 fully saturated rings. The number of sulfonamides is 2. The zero-order chi connectivity index (χ0) is 25.2. The van der Waals surface area contributed by atoms with Crippen LogP contribution in [0.1, 0.15) is 51.9 Å². The molecule has 12 heteroatoms. The molecule has 0 radical (unpaired) electrons. The lowest BCUT2D eigenvalue weighted by Crippen LogP contribution is -2.62. The van der Waals surface area contributed by atoms with Gasteiger partial charge in [-0.1, -0.05) is 19.8 Å². The quantitative estimate of drug-likeness (QED) is 0.524. The van der Waals surface area contributed by atoms with Crippen molar-refractivity contribution >= 4 is 48.9 Å². The van der Waals surface area contributed by atoms with Crippen LogP contribution in [-0.2, 0) is 29.6 Å². The van der Waals surface area contributed by atoms with E-state index in [4.69, 9.17) is 0 Å². The molecule has 2 unspecified atom stereocenters. The summed E-state index contributed by atoms with van der Waals surface area (Å²) in [6.07, 6.45) is 7.64. The highest BCUT2D eigenvalue weighted by Gasteiger charge is 2.54. The Morgan fingerprint density at radius 3 is 2.51 bits per heavy atom. The number of likely N-dealkylation sites (tertiary alicyclic amines) is 1. The summed E-state index contributed by atoms with van der Waals surface area (Å²) in [5.41, 5.74) is -0.548. The Hall–Kier alpha value is -2.47. The average molecular weight is 523 g/mol. The summed E-state index contributed by atoms with van der Waals surface area (Å²) in [6, 6.07) is 4.05. The maximum absolute atomic E-state index is 13.8. The molecule has 4 aliphatic rings. The summed E-state index contributed by atoms with van der Waals surface area (Å²) < 4.78 is 55.4. The molecule has 190 valence electrons. The molecule has 2 heterocycles. The predicted molar refractivity (Wildman–Crippen MR) is 131 cm³/mol. The lowest BCUT2D eigenvalue weighted by Gasteiger charge is -2.48. The molecule has 0 spiro atoms. The molecular weight excluding hydrogens is 492 g/mol. The molecule has 1 aromatic carbocycles. The van der Waals surface area contributed by atoms with Crippen molar-refractivity contribution in [3.05, 3.63) is 18.2 Å². The Balaban J connectivity index is 1.49. The van der Waals surface area contributed by atoms with Crippen LogP contribution in [0.3, 0.4) is 0 Å². The van der Waals surface area contributed by atoms with Gasteiger partial charge < -0.3 is 10.2 Å². The molecule has 1 saturated heterocycles. The second kappa shape index (κ2) is 8.29. The van der Waals surface area contributed by atoms with Gasteiger partial charge in [-0.15, -0.1) is 4.40 Å². The van der Waals surface area contributed by atoms with Gasteiger partial charge in [-0.05, 0) is 56.2 Å². The number of Topliss-reactive ketones (excluding diaryl/α,β-unsaturated/α-hetero) is 1. The van der Waals surface area contributed by atoms with Gasteiger partial charge in [-0.3, -0.25) is 14.3 Å². The summed E-state index contributed by atoms with van der Waals surface area (Å²) in [5, 5.41) is 2.91. The third kappa shape index (κ3) is 4.69. The lowest BCUT2D eigenvalue weighted by molar-refractivity contribution is -0.155. The number of hydrogen-bond donors (Lipinski definition) is 2. The van der Waals surface area contributed by atoms with E-state index in [1.807, 2.05) is 6.92 Å². The van der Waals surface area contributed by atoms with Crippen LogP contribution >= 0.6 is 0 Å². The number of benzene rings is 1. The largest absolute Gasteiger partial charge is 0.341 e. The van der Waals surface area contributed by atoms with Crippen molar-refractivity contribution in [2.24, 2.45) is 21.6 Å². The number of carbonyl (C=O) groups is 2. The fourth-order valence-electron chi connectivity index (χ4n) is 5.12. The molecule has 35 heavy (non-hydrogen) atoms. The topological polar surface area (TPSA) is 142 Å². The van der Waals surface area contributed by atoms with Crippen molar-refractivity contribution in [1.29, 1.82) is 0 Å². The van der Waals surface area contributed by atoms with Crippen molar-refractivity contribution in [2.45, 2.75) is 62.8 Å². The average Bonchev–Trinajstić information content (AvgIpc) is 3.53. The first-order chi connectivity index (χ1) is 16.4. The first kappa shape index (κ1) is 24.2. The fraction of sp³-hybridized carbons (Fsp3) is 0.609. The molecule has 1 aromatic rings. The highest BCUT2D eigenvalue weighted by atomic mass is 32.2. The molecule has 2 N–H and O–H groups in total. The fourth-order valence-corrected chi connectivity index (χ4v) is 6.86. The van der Waals surface area contributed by atoms with Crippen molar-refractivity contribution in [3.8, 4) is 0 Å². The van der Waals surface area contributed by atoms with Crippen molar-refractivity contribution < 1.29 is 26.4 Å². The normalized spacial score (nSPS) is 28.6. The third-order valence-electron chi connectivity index (χ3n) is 7.54. The second-order valence-electron chi connectivity index (χ2n) is 10.6. The maximum Gasteiger partial charge on any atom is 0.286 e. The number of amides is 1. The summed E-state index contributed by atoms with van der Waals surface area (Å²) >= 11 is 0. The minimum absolute atomic E-state index is 0.0658. The number of piperidine rings is 1. The zero-order valence-electron chi connectivity index (χ0n) is 19.8. The lowest BCUT2D eigenvalue weighted by atomic mass is 9.70. The van der Waals surface area contributed by atoms with Gasteiger partial charge in [0.2, 0.25) is 15.9 Å². The molecule has 5 rings (SSSR count). The van der Waals surface area contributed by atoms with Gasteiger partial charge >= 0.3 is 0 Å². The van der Waals surface area contributed by atoms with Gasteiger partial charge in [0.1, 0.15) is 10.7 Å².